The van der Waals surface area contributed by atoms with Crippen molar-refractivity contribution in [3.63, 3.8) is 0 Å². The minimum absolute atomic E-state index is 0.0242. The van der Waals surface area contributed by atoms with Gasteiger partial charge in [0.1, 0.15) is 42.7 Å². The summed E-state index contributed by atoms with van der Waals surface area (Å²) in [5.74, 6) is 0.414. The molecule has 8 N–H and O–H groups in total. The molecule has 0 amide bonds. The maximum absolute atomic E-state index is 12.1. The third-order valence-corrected chi connectivity index (χ3v) is 17.9. The third kappa shape index (κ3) is 5.44. The summed E-state index contributed by atoms with van der Waals surface area (Å²) in [5.41, 5.74) is -1.97. The largest absolute Gasteiger partial charge is 0.396 e. The van der Waals surface area contributed by atoms with E-state index >= 15 is 0 Å². The molecule has 13 heteroatoms. The van der Waals surface area contributed by atoms with Crippen molar-refractivity contribution in [3.8, 4) is 0 Å². The molecule has 8 aliphatic rings. The van der Waals surface area contributed by atoms with Crippen LogP contribution in [0.3, 0.4) is 0 Å². The molecule has 13 nitrogen and oxygen atoms in total. The lowest BCUT2D eigenvalue weighted by molar-refractivity contribution is -0.376. The highest BCUT2D eigenvalue weighted by Gasteiger charge is 2.79. The Bertz CT molecular complexity index is 1490. The van der Waals surface area contributed by atoms with Crippen LogP contribution in [0.25, 0.3) is 0 Å². The first-order valence-corrected chi connectivity index (χ1v) is 20.9. The fourth-order valence-corrected chi connectivity index (χ4v) is 14.3. The van der Waals surface area contributed by atoms with Crippen LogP contribution in [0.4, 0.5) is 0 Å². The molecule has 3 aliphatic heterocycles. The molecule has 3 saturated heterocycles. The first kappa shape index (κ1) is 41.0. The van der Waals surface area contributed by atoms with E-state index < -0.39 is 91.2 Å². The summed E-state index contributed by atoms with van der Waals surface area (Å²) >= 11 is 0. The lowest BCUT2D eigenvalue weighted by Crippen LogP contribution is -2.72. The van der Waals surface area contributed by atoms with Gasteiger partial charge in [-0.3, -0.25) is 0 Å². The van der Waals surface area contributed by atoms with Crippen molar-refractivity contribution in [1.82, 2.24) is 0 Å². The van der Waals surface area contributed by atoms with Crippen molar-refractivity contribution in [3.05, 3.63) is 12.2 Å². The van der Waals surface area contributed by atoms with Gasteiger partial charge >= 0.3 is 0 Å². The van der Waals surface area contributed by atoms with Crippen LogP contribution < -0.4 is 0 Å². The molecule has 3 heterocycles. The van der Waals surface area contributed by atoms with E-state index in [1.165, 1.54) is 0 Å². The zero-order valence-electron chi connectivity index (χ0n) is 33.7. The van der Waals surface area contributed by atoms with Gasteiger partial charge in [-0.1, -0.05) is 53.7 Å². The molecule has 0 radical (unpaired) electrons. The standard InChI is InChI=1S/C42H68O13/c1-21-28(46)31(49)33(55-34-32(50)30(48)29(47)22(18-43)53-34)35(52-21)54-27-10-11-37(4)23(38(27,5)19-44)8-12-39(6)24(37)9-13-42-25-16-36(2,3)14-15-41(25,20-51-42)26(45)17-40(39,42)7/h9,13,21-35,43-50H,8,10-12,14-20H2,1-7H3/t21-,22-,23-,24-,25-,26+,27+,28+,29-,30+,31+,32-,33-,34+,35+,37+,38+,39-,40+,41-,42+/m1/s1. The van der Waals surface area contributed by atoms with Crippen molar-refractivity contribution < 1.29 is 64.5 Å². The molecule has 8 rings (SSSR count). The Hall–Kier alpha value is -0.780. The molecule has 1 spiro atoms. The molecule has 21 atom stereocenters. The minimum Gasteiger partial charge on any atom is -0.396 e. The van der Waals surface area contributed by atoms with Crippen molar-refractivity contribution in [1.29, 1.82) is 0 Å². The van der Waals surface area contributed by atoms with Crippen LogP contribution in [0.5, 0.6) is 0 Å². The fourth-order valence-electron chi connectivity index (χ4n) is 14.3. The lowest BCUT2D eigenvalue weighted by atomic mass is 9.32. The van der Waals surface area contributed by atoms with Gasteiger partial charge in [0.05, 0.1) is 43.7 Å². The summed E-state index contributed by atoms with van der Waals surface area (Å²) in [5, 5.41) is 86.9. The fraction of sp³-hybridized carbons (Fsp3) is 0.952. The number of hydrogen-bond donors (Lipinski definition) is 8. The Labute approximate surface area is 325 Å². The third-order valence-electron chi connectivity index (χ3n) is 17.9. The van der Waals surface area contributed by atoms with Gasteiger partial charge in [0.15, 0.2) is 12.6 Å². The minimum atomic E-state index is -1.73. The zero-order chi connectivity index (χ0) is 39.9. The van der Waals surface area contributed by atoms with Crippen LogP contribution in [0.15, 0.2) is 12.2 Å². The first-order valence-electron chi connectivity index (χ1n) is 20.9. The highest BCUT2D eigenvalue weighted by Crippen LogP contribution is 2.79. The van der Waals surface area contributed by atoms with E-state index in [-0.39, 0.29) is 51.4 Å². The van der Waals surface area contributed by atoms with Crippen molar-refractivity contribution in [2.75, 3.05) is 19.8 Å². The molecule has 0 aromatic rings. The van der Waals surface area contributed by atoms with Gasteiger partial charge in [-0.15, -0.1) is 0 Å². The summed E-state index contributed by atoms with van der Waals surface area (Å²) in [7, 11) is 0. The van der Waals surface area contributed by atoms with E-state index in [9.17, 15) is 40.9 Å². The molecule has 0 aromatic carbocycles. The molecule has 2 bridgehead atoms. The number of ether oxygens (including phenoxy) is 5. The van der Waals surface area contributed by atoms with Crippen LogP contribution in [0.1, 0.15) is 99.8 Å². The van der Waals surface area contributed by atoms with Gasteiger partial charge in [0, 0.05) is 22.2 Å². The number of allylic oxidation sites excluding steroid dienone is 1. The summed E-state index contributed by atoms with van der Waals surface area (Å²) in [4.78, 5) is 0. The number of fused-ring (bicyclic) bond motifs is 4. The van der Waals surface area contributed by atoms with Gasteiger partial charge in [-0.2, -0.15) is 0 Å². The monoisotopic (exact) mass is 780 g/mol. The van der Waals surface area contributed by atoms with Crippen molar-refractivity contribution in [2.24, 2.45) is 50.2 Å². The van der Waals surface area contributed by atoms with E-state index in [0.717, 1.165) is 38.5 Å². The molecular weight excluding hydrogens is 712 g/mol. The van der Waals surface area contributed by atoms with Crippen LogP contribution in [0.2, 0.25) is 0 Å². The second-order valence-electron chi connectivity index (χ2n) is 21.0. The summed E-state index contributed by atoms with van der Waals surface area (Å²) in [6.07, 6.45) is -3.53. The zero-order valence-corrected chi connectivity index (χ0v) is 33.7. The summed E-state index contributed by atoms with van der Waals surface area (Å²) in [6.45, 7) is 15.4. The Kier molecular flexibility index (Phi) is 9.95. The number of aliphatic hydroxyl groups excluding tert-OH is 8. The van der Waals surface area contributed by atoms with Crippen molar-refractivity contribution in [2.45, 2.75) is 179 Å². The average Bonchev–Trinajstić information content (AvgIpc) is 3.41. The van der Waals surface area contributed by atoms with E-state index in [4.69, 9.17) is 23.7 Å². The smallest absolute Gasteiger partial charge is 0.187 e. The molecule has 4 saturated carbocycles. The Morgan fingerprint density at radius 1 is 0.727 bits per heavy atom. The van der Waals surface area contributed by atoms with E-state index in [0.29, 0.717) is 19.4 Å². The molecule has 0 aromatic heterocycles. The predicted octanol–water partition coefficient (Wildman–Crippen LogP) is 1.78. The summed E-state index contributed by atoms with van der Waals surface area (Å²) < 4.78 is 31.6. The molecule has 55 heavy (non-hydrogen) atoms. The highest BCUT2D eigenvalue weighted by molar-refractivity contribution is 5.36. The Morgan fingerprint density at radius 2 is 1.45 bits per heavy atom. The molecule has 314 valence electrons. The van der Waals surface area contributed by atoms with E-state index in [1.807, 2.05) is 0 Å². The average molecular weight is 781 g/mol. The maximum Gasteiger partial charge on any atom is 0.187 e. The van der Waals surface area contributed by atoms with Crippen LogP contribution in [0, 0.1) is 50.2 Å². The normalized spacial score (nSPS) is 59.7. The van der Waals surface area contributed by atoms with Gasteiger partial charge in [0.2, 0.25) is 0 Å². The predicted molar refractivity (Wildman–Crippen MR) is 197 cm³/mol. The summed E-state index contributed by atoms with van der Waals surface area (Å²) in [6, 6.07) is 0. The topological polar surface area (TPSA) is 208 Å². The highest BCUT2D eigenvalue weighted by atomic mass is 16.8. The molecule has 7 fully saturated rings. The second kappa shape index (κ2) is 13.4. The van der Waals surface area contributed by atoms with Crippen molar-refractivity contribution >= 4 is 0 Å². The molecular formula is C42H68O13. The van der Waals surface area contributed by atoms with E-state index in [2.05, 4.69) is 53.7 Å². The van der Waals surface area contributed by atoms with Gasteiger partial charge in [-0.05, 0) is 86.4 Å². The Balaban J connectivity index is 1.08. The van der Waals surface area contributed by atoms with Crippen LogP contribution in [-0.2, 0) is 23.7 Å². The lowest BCUT2D eigenvalue weighted by Gasteiger charge is -2.73. The maximum atomic E-state index is 12.1. The molecule has 5 aliphatic carbocycles. The SMILES string of the molecule is C[C@H]1O[C@@H](O[C@H]2CC[C@@]3(C)[C@@H](CC[C@]4(C)[C@@H]3C=C[C@]35OC[C@@]6(CCC(C)(C)C[C@H]63)[C@@H](O)C[C@]54C)[C@]2(C)CO)[C@H](O[C@@H]2O[C@H](CO)[C@@H](O)[C@H](O)[C@H]2O)[C@@H](O)[C@H]1O. The Morgan fingerprint density at radius 3 is 2.15 bits per heavy atom. The number of aliphatic hydroxyl groups is 8. The second-order valence-corrected chi connectivity index (χ2v) is 21.0. The first-order chi connectivity index (χ1) is 25.7. The van der Waals surface area contributed by atoms with Gasteiger partial charge in [0.25, 0.3) is 0 Å². The molecule has 0 unspecified atom stereocenters. The number of rotatable bonds is 6. The van der Waals surface area contributed by atoms with Crippen LogP contribution in [-0.4, -0.2) is 140 Å². The van der Waals surface area contributed by atoms with E-state index in [1.54, 1.807) is 6.92 Å². The van der Waals surface area contributed by atoms with Gasteiger partial charge < -0.3 is 64.5 Å². The quantitative estimate of drug-likeness (QED) is 0.143. The van der Waals surface area contributed by atoms with Gasteiger partial charge in [-0.25, -0.2) is 0 Å². The van der Waals surface area contributed by atoms with Crippen LogP contribution >= 0.6 is 0 Å². The number of hydrogen-bond acceptors (Lipinski definition) is 13.